The van der Waals surface area contributed by atoms with Crippen LogP contribution in [-0.2, 0) is 16.3 Å². The maximum Gasteiger partial charge on any atom is 0.416 e. The van der Waals surface area contributed by atoms with E-state index in [1.165, 1.54) is 7.11 Å². The first-order valence-corrected chi connectivity index (χ1v) is 9.51. The predicted octanol–water partition coefficient (Wildman–Crippen LogP) is 6.58. The fourth-order valence-electron chi connectivity index (χ4n) is 3.67. The summed E-state index contributed by atoms with van der Waals surface area (Å²) in [7, 11) is 1.26. The molecule has 0 saturated carbocycles. The topological polar surface area (TPSA) is 61.5 Å². The van der Waals surface area contributed by atoms with E-state index in [1.54, 1.807) is 12.1 Å². The van der Waals surface area contributed by atoms with Gasteiger partial charge in [0, 0.05) is 0 Å². The zero-order chi connectivity index (χ0) is 22.9. The number of methoxy groups -OCH3 is 1. The molecule has 0 heterocycles. The van der Waals surface area contributed by atoms with Crippen molar-refractivity contribution in [3.05, 3.63) is 53.1 Å². The Morgan fingerprint density at radius 3 is 2.00 bits per heavy atom. The highest BCUT2D eigenvalue weighted by Crippen LogP contribution is 2.40. The number of ether oxygens (including phenoxy) is 2. The normalized spacial score (nSPS) is 12.6. The van der Waals surface area contributed by atoms with Crippen LogP contribution in [0.1, 0.15) is 62.5 Å². The van der Waals surface area contributed by atoms with Crippen LogP contribution in [-0.4, -0.2) is 13.1 Å². The molecule has 0 aromatic heterocycles. The summed E-state index contributed by atoms with van der Waals surface area (Å²) in [6.07, 6.45) is -3.64. The molecule has 0 unspecified atom stereocenters. The maximum atomic E-state index is 12.9. The second-order valence-electron chi connectivity index (χ2n) is 9.18. The number of carbonyl (C=O) groups is 1. The summed E-state index contributed by atoms with van der Waals surface area (Å²) < 4.78 is 49.2. The lowest BCUT2D eigenvalue weighted by molar-refractivity contribution is -0.137. The van der Waals surface area contributed by atoms with Gasteiger partial charge in [-0.15, -0.1) is 0 Å². The highest BCUT2D eigenvalue weighted by atomic mass is 19.4. The number of halogens is 3. The average molecular weight is 423 g/mol. The number of nitrogens with two attached hydrogens (primary N) is 1. The van der Waals surface area contributed by atoms with Gasteiger partial charge in [-0.3, -0.25) is 0 Å². The number of alkyl halides is 3. The fraction of sp³-hybridized carbons (Fsp3) is 0.435. The lowest BCUT2D eigenvalue weighted by Crippen LogP contribution is -2.25. The van der Waals surface area contributed by atoms with E-state index in [0.29, 0.717) is 0 Å². The van der Waals surface area contributed by atoms with Gasteiger partial charge in [-0.1, -0.05) is 40.7 Å². The van der Waals surface area contributed by atoms with Crippen LogP contribution in [0.4, 0.5) is 18.9 Å². The zero-order valence-corrected chi connectivity index (χ0v) is 18.1. The third kappa shape index (κ3) is 5.68. The predicted molar refractivity (Wildman–Crippen MR) is 111 cm³/mol. The van der Waals surface area contributed by atoms with E-state index >= 15 is 0 Å². The van der Waals surface area contributed by atoms with E-state index in [-0.39, 0.29) is 33.6 Å². The monoisotopic (exact) mass is 423 g/mol. The second kappa shape index (κ2) is 8.20. The maximum absolute atomic E-state index is 12.9. The number of esters is 1. The SMILES string of the molecule is COC(=O)c1cc(C(C)(C)CC(C)(C)C)ccc1Oc1ccc(C(F)(F)F)cc1N. The van der Waals surface area contributed by atoms with Crippen LogP contribution in [0.3, 0.4) is 0 Å². The summed E-state index contributed by atoms with van der Waals surface area (Å²) in [5.41, 5.74) is 5.63. The highest BCUT2D eigenvalue weighted by Gasteiger charge is 2.32. The van der Waals surface area contributed by atoms with Crippen LogP contribution in [0, 0.1) is 5.41 Å². The van der Waals surface area contributed by atoms with E-state index in [4.69, 9.17) is 15.2 Å². The Hall–Kier alpha value is -2.70. The first kappa shape index (κ1) is 23.6. The van der Waals surface area contributed by atoms with Gasteiger partial charge in [-0.2, -0.15) is 13.2 Å². The van der Waals surface area contributed by atoms with Crippen LogP contribution in [0.2, 0.25) is 0 Å². The molecule has 0 bridgehead atoms. The second-order valence-corrected chi connectivity index (χ2v) is 9.18. The molecule has 0 amide bonds. The molecule has 30 heavy (non-hydrogen) atoms. The molecule has 7 heteroatoms. The Balaban J connectivity index is 2.45. The summed E-state index contributed by atoms with van der Waals surface area (Å²) in [5.74, 6) is -0.428. The van der Waals surface area contributed by atoms with Gasteiger partial charge in [0.25, 0.3) is 0 Å². The van der Waals surface area contributed by atoms with Crippen molar-refractivity contribution in [3.8, 4) is 11.5 Å². The van der Waals surface area contributed by atoms with E-state index < -0.39 is 17.7 Å². The molecule has 0 aliphatic carbocycles. The number of benzene rings is 2. The van der Waals surface area contributed by atoms with E-state index in [1.807, 2.05) is 6.07 Å². The smallest absolute Gasteiger partial charge is 0.416 e. The first-order valence-electron chi connectivity index (χ1n) is 9.51. The molecule has 0 spiro atoms. The van der Waals surface area contributed by atoms with Gasteiger partial charge in [0.15, 0.2) is 0 Å². The molecule has 2 rings (SSSR count). The minimum absolute atomic E-state index is 0.0230. The lowest BCUT2D eigenvalue weighted by Gasteiger charge is -2.33. The number of anilines is 1. The molecule has 0 aliphatic heterocycles. The molecular formula is C23H28F3NO3. The van der Waals surface area contributed by atoms with Crippen molar-refractivity contribution in [2.24, 2.45) is 5.41 Å². The summed E-state index contributed by atoms with van der Waals surface area (Å²) in [4.78, 5) is 12.4. The number of rotatable bonds is 5. The van der Waals surface area contributed by atoms with E-state index in [0.717, 1.165) is 30.2 Å². The standard InChI is InChI=1S/C23H28F3NO3/c1-21(2,3)13-22(4,5)14-7-9-18(16(11-14)20(28)29-6)30-19-10-8-15(12-17(19)27)23(24,25)26/h7-12H,13,27H2,1-6H3. The Morgan fingerprint density at radius 2 is 1.50 bits per heavy atom. The molecule has 4 nitrogen and oxygen atoms in total. The van der Waals surface area contributed by atoms with Crippen LogP contribution in [0.15, 0.2) is 36.4 Å². The molecule has 0 atom stereocenters. The quantitative estimate of drug-likeness (QED) is 0.436. The number of hydrogen-bond donors (Lipinski definition) is 1. The minimum Gasteiger partial charge on any atom is -0.465 e. The summed E-state index contributed by atoms with van der Waals surface area (Å²) >= 11 is 0. The van der Waals surface area contributed by atoms with Gasteiger partial charge in [0.1, 0.15) is 17.1 Å². The molecule has 0 fully saturated rings. The van der Waals surface area contributed by atoms with Crippen LogP contribution < -0.4 is 10.5 Å². The number of carbonyl (C=O) groups excluding carboxylic acids is 1. The van der Waals surface area contributed by atoms with Gasteiger partial charge >= 0.3 is 12.1 Å². The Kier molecular flexibility index (Phi) is 6.45. The summed E-state index contributed by atoms with van der Waals surface area (Å²) in [6, 6.07) is 7.97. The molecule has 0 radical (unpaired) electrons. The summed E-state index contributed by atoms with van der Waals surface area (Å²) in [5, 5.41) is 0. The molecule has 2 aromatic carbocycles. The molecule has 2 aromatic rings. The van der Waals surface area contributed by atoms with Crippen molar-refractivity contribution in [2.75, 3.05) is 12.8 Å². The number of nitrogen functional groups attached to an aromatic ring is 1. The third-order valence-electron chi connectivity index (χ3n) is 4.70. The summed E-state index contributed by atoms with van der Waals surface area (Å²) in [6.45, 7) is 10.6. The lowest BCUT2D eigenvalue weighted by atomic mass is 9.72. The highest BCUT2D eigenvalue weighted by molar-refractivity contribution is 5.93. The van der Waals surface area contributed by atoms with Crippen molar-refractivity contribution < 1.29 is 27.4 Å². The number of hydrogen-bond acceptors (Lipinski definition) is 4. The Bertz CT molecular complexity index is 928. The fourth-order valence-corrected chi connectivity index (χ4v) is 3.67. The molecule has 2 N–H and O–H groups in total. The zero-order valence-electron chi connectivity index (χ0n) is 18.1. The third-order valence-corrected chi connectivity index (χ3v) is 4.70. The van der Waals surface area contributed by atoms with Crippen molar-refractivity contribution >= 4 is 11.7 Å². The Morgan fingerprint density at radius 1 is 0.933 bits per heavy atom. The Labute approximate surface area is 175 Å². The van der Waals surface area contributed by atoms with Crippen molar-refractivity contribution in [1.29, 1.82) is 0 Å². The largest absolute Gasteiger partial charge is 0.465 e. The van der Waals surface area contributed by atoms with Crippen molar-refractivity contribution in [1.82, 2.24) is 0 Å². The molecule has 0 saturated heterocycles. The van der Waals surface area contributed by atoms with Gasteiger partial charge in [0.05, 0.1) is 18.4 Å². The van der Waals surface area contributed by atoms with Gasteiger partial charge < -0.3 is 15.2 Å². The average Bonchev–Trinajstić information content (AvgIpc) is 2.60. The minimum atomic E-state index is -4.51. The molecule has 0 aliphatic rings. The van der Waals surface area contributed by atoms with E-state index in [9.17, 15) is 18.0 Å². The van der Waals surface area contributed by atoms with Crippen LogP contribution in [0.25, 0.3) is 0 Å². The van der Waals surface area contributed by atoms with E-state index in [2.05, 4.69) is 34.6 Å². The van der Waals surface area contributed by atoms with Crippen molar-refractivity contribution in [3.63, 3.8) is 0 Å². The van der Waals surface area contributed by atoms with Crippen LogP contribution in [0.5, 0.6) is 11.5 Å². The van der Waals surface area contributed by atoms with Crippen LogP contribution >= 0.6 is 0 Å². The first-order chi connectivity index (χ1) is 13.6. The molecule has 164 valence electrons. The van der Waals surface area contributed by atoms with Gasteiger partial charge in [-0.25, -0.2) is 4.79 Å². The van der Waals surface area contributed by atoms with Crippen molar-refractivity contribution in [2.45, 2.75) is 52.6 Å². The van der Waals surface area contributed by atoms with Gasteiger partial charge in [-0.05, 0) is 53.1 Å². The molecular weight excluding hydrogens is 395 g/mol. The van der Waals surface area contributed by atoms with Gasteiger partial charge in [0.2, 0.25) is 0 Å².